The number of aliphatic hydroxyl groups is 1. The van der Waals surface area contributed by atoms with E-state index in [1.54, 1.807) is 6.33 Å². The average Bonchev–Trinajstić information content (AvgIpc) is 3.40. The van der Waals surface area contributed by atoms with Crippen molar-refractivity contribution in [3.05, 3.63) is 107 Å². The van der Waals surface area contributed by atoms with Crippen molar-refractivity contribution in [2.24, 2.45) is 5.73 Å². The molecule has 1 saturated heterocycles. The Morgan fingerprint density at radius 2 is 1.79 bits per heavy atom. The third kappa shape index (κ3) is 4.81. The SMILES string of the molecule is NCc1cccc(-n2cnc3c2C(=O)C(c2ccc(-c4ccccc4CN4CCC(O)CC4)cc2)NC3)c1. The number of ketones is 1. The van der Waals surface area contributed by atoms with Gasteiger partial charge in [-0.05, 0) is 52.8 Å². The second-order valence-electron chi connectivity index (χ2n) is 10.2. The summed E-state index contributed by atoms with van der Waals surface area (Å²) in [4.78, 5) is 20.6. The Labute approximate surface area is 222 Å². The van der Waals surface area contributed by atoms with Crippen LogP contribution in [0.4, 0.5) is 0 Å². The number of Topliss-reactive ketones (excluding diaryl/α,β-unsaturated/α-hetero) is 1. The van der Waals surface area contributed by atoms with Gasteiger partial charge >= 0.3 is 0 Å². The molecular weight excluding hydrogens is 474 g/mol. The third-order valence-electron chi connectivity index (χ3n) is 7.76. The molecule has 1 fully saturated rings. The van der Waals surface area contributed by atoms with Gasteiger partial charge in [-0.1, -0.05) is 60.7 Å². The third-order valence-corrected chi connectivity index (χ3v) is 7.76. The number of nitrogens with one attached hydrogen (secondary N) is 1. The van der Waals surface area contributed by atoms with Crippen molar-refractivity contribution in [3.8, 4) is 16.8 Å². The number of carbonyl (C=O) groups is 1. The van der Waals surface area contributed by atoms with Crippen molar-refractivity contribution in [1.29, 1.82) is 0 Å². The molecule has 3 aromatic carbocycles. The molecule has 4 N–H and O–H groups in total. The van der Waals surface area contributed by atoms with E-state index >= 15 is 0 Å². The minimum atomic E-state index is -0.431. The highest BCUT2D eigenvalue weighted by Gasteiger charge is 2.32. The van der Waals surface area contributed by atoms with Crippen LogP contribution in [0.1, 0.15) is 51.8 Å². The lowest BCUT2D eigenvalue weighted by molar-refractivity contribution is 0.0793. The number of hydrogen-bond donors (Lipinski definition) is 3. The molecule has 0 amide bonds. The number of imidazole rings is 1. The maximum atomic E-state index is 13.7. The van der Waals surface area contributed by atoms with Crippen molar-refractivity contribution in [3.63, 3.8) is 0 Å². The highest BCUT2D eigenvalue weighted by atomic mass is 16.3. The second-order valence-corrected chi connectivity index (χ2v) is 10.2. The summed E-state index contributed by atoms with van der Waals surface area (Å²) in [7, 11) is 0. The molecule has 1 aromatic heterocycles. The fourth-order valence-corrected chi connectivity index (χ4v) is 5.62. The molecule has 7 nitrogen and oxygen atoms in total. The summed E-state index contributed by atoms with van der Waals surface area (Å²) in [6.07, 6.45) is 3.22. The number of nitrogens with zero attached hydrogens (tertiary/aromatic N) is 3. The fraction of sp³-hybridized carbons (Fsp3) is 0.290. The second kappa shape index (κ2) is 10.6. The van der Waals surface area contributed by atoms with Gasteiger partial charge in [0, 0.05) is 38.4 Å². The van der Waals surface area contributed by atoms with Crippen molar-refractivity contribution in [2.75, 3.05) is 13.1 Å². The van der Waals surface area contributed by atoms with Gasteiger partial charge in [0.15, 0.2) is 0 Å². The van der Waals surface area contributed by atoms with E-state index in [2.05, 4.69) is 63.7 Å². The van der Waals surface area contributed by atoms with Crippen LogP contribution in [0.3, 0.4) is 0 Å². The van der Waals surface area contributed by atoms with Gasteiger partial charge in [0.05, 0.1) is 17.8 Å². The number of fused-ring (bicyclic) bond motifs is 1. The van der Waals surface area contributed by atoms with Gasteiger partial charge in [0.2, 0.25) is 5.78 Å². The predicted octanol–water partition coefficient (Wildman–Crippen LogP) is 3.98. The summed E-state index contributed by atoms with van der Waals surface area (Å²) in [5.74, 6) is 0.0161. The molecule has 0 aliphatic carbocycles. The van der Waals surface area contributed by atoms with E-state index in [1.165, 1.54) is 11.1 Å². The van der Waals surface area contributed by atoms with Crippen LogP contribution in [0.25, 0.3) is 16.8 Å². The number of rotatable bonds is 6. The molecule has 7 heteroatoms. The first-order valence-corrected chi connectivity index (χ1v) is 13.3. The predicted molar refractivity (Wildman–Crippen MR) is 148 cm³/mol. The lowest BCUT2D eigenvalue weighted by atomic mass is 9.93. The summed E-state index contributed by atoms with van der Waals surface area (Å²) in [6, 6.07) is 24.3. The Morgan fingerprint density at radius 3 is 2.58 bits per heavy atom. The molecule has 2 aliphatic heterocycles. The van der Waals surface area contributed by atoms with Crippen LogP contribution in [0.2, 0.25) is 0 Å². The van der Waals surface area contributed by atoms with Crippen LogP contribution in [0.15, 0.2) is 79.1 Å². The molecule has 194 valence electrons. The molecule has 0 bridgehead atoms. The van der Waals surface area contributed by atoms with E-state index in [0.717, 1.165) is 60.5 Å². The number of nitrogens with two attached hydrogens (primary N) is 1. The van der Waals surface area contributed by atoms with Gasteiger partial charge < -0.3 is 10.8 Å². The van der Waals surface area contributed by atoms with Crippen LogP contribution in [0, 0.1) is 0 Å². The quantitative estimate of drug-likeness (QED) is 0.365. The highest BCUT2D eigenvalue weighted by molar-refractivity contribution is 6.01. The van der Waals surface area contributed by atoms with E-state index < -0.39 is 6.04 Å². The van der Waals surface area contributed by atoms with Gasteiger partial charge in [-0.15, -0.1) is 0 Å². The Kier molecular flexibility index (Phi) is 6.91. The summed E-state index contributed by atoms with van der Waals surface area (Å²) < 4.78 is 1.88. The average molecular weight is 508 g/mol. The summed E-state index contributed by atoms with van der Waals surface area (Å²) >= 11 is 0. The Morgan fingerprint density at radius 1 is 1.00 bits per heavy atom. The van der Waals surface area contributed by atoms with Crippen LogP contribution in [-0.2, 0) is 19.6 Å². The van der Waals surface area contributed by atoms with Gasteiger partial charge in [-0.2, -0.15) is 0 Å². The first kappa shape index (κ1) is 24.7. The van der Waals surface area contributed by atoms with E-state index in [0.29, 0.717) is 18.8 Å². The topological polar surface area (TPSA) is 96.4 Å². The lowest BCUT2D eigenvalue weighted by Gasteiger charge is -2.30. The number of benzene rings is 3. The van der Waals surface area contributed by atoms with E-state index in [1.807, 2.05) is 28.8 Å². The number of likely N-dealkylation sites (tertiary alicyclic amines) is 1. The normalized spacial score (nSPS) is 18.5. The van der Waals surface area contributed by atoms with Crippen molar-refractivity contribution in [2.45, 2.75) is 44.6 Å². The monoisotopic (exact) mass is 507 g/mol. The summed E-state index contributed by atoms with van der Waals surface area (Å²) in [5, 5.41) is 13.2. The molecule has 0 radical (unpaired) electrons. The summed E-state index contributed by atoms with van der Waals surface area (Å²) in [6.45, 7) is 3.67. The Hall–Kier alpha value is -3.62. The van der Waals surface area contributed by atoms with E-state index in [9.17, 15) is 9.90 Å². The molecule has 0 saturated carbocycles. The maximum absolute atomic E-state index is 13.7. The largest absolute Gasteiger partial charge is 0.393 e. The van der Waals surface area contributed by atoms with Crippen molar-refractivity contribution in [1.82, 2.24) is 19.8 Å². The Bertz CT molecular complexity index is 1440. The number of hydrogen-bond acceptors (Lipinski definition) is 6. The number of carbonyl (C=O) groups excluding carboxylic acids is 1. The minimum Gasteiger partial charge on any atom is -0.393 e. The molecule has 1 atom stereocenters. The van der Waals surface area contributed by atoms with Gasteiger partial charge in [0.1, 0.15) is 12.0 Å². The van der Waals surface area contributed by atoms with E-state index in [4.69, 9.17) is 5.73 Å². The van der Waals surface area contributed by atoms with Gasteiger partial charge in [-0.3, -0.25) is 19.6 Å². The zero-order valence-corrected chi connectivity index (χ0v) is 21.4. The fourth-order valence-electron chi connectivity index (χ4n) is 5.62. The first-order valence-electron chi connectivity index (χ1n) is 13.3. The number of piperidine rings is 1. The molecule has 2 aliphatic rings. The zero-order chi connectivity index (χ0) is 26.1. The molecule has 0 spiro atoms. The molecule has 6 rings (SSSR count). The number of aliphatic hydroxyl groups excluding tert-OH is 1. The maximum Gasteiger partial charge on any atom is 0.202 e. The molecule has 1 unspecified atom stereocenters. The smallest absolute Gasteiger partial charge is 0.202 e. The van der Waals surface area contributed by atoms with Crippen LogP contribution < -0.4 is 11.1 Å². The van der Waals surface area contributed by atoms with Crippen molar-refractivity contribution < 1.29 is 9.90 Å². The molecule has 3 heterocycles. The van der Waals surface area contributed by atoms with Crippen LogP contribution in [-0.4, -0.2) is 44.5 Å². The molecule has 38 heavy (non-hydrogen) atoms. The highest BCUT2D eigenvalue weighted by Crippen LogP contribution is 2.31. The Balaban J connectivity index is 1.24. The molecule has 4 aromatic rings. The zero-order valence-electron chi connectivity index (χ0n) is 21.4. The van der Waals surface area contributed by atoms with Gasteiger partial charge in [-0.25, -0.2) is 4.98 Å². The molecular formula is C31H33N5O2. The van der Waals surface area contributed by atoms with Crippen molar-refractivity contribution >= 4 is 5.78 Å². The first-order chi connectivity index (χ1) is 18.6. The minimum absolute atomic E-state index is 0.0161. The lowest BCUT2D eigenvalue weighted by Crippen LogP contribution is -2.35. The van der Waals surface area contributed by atoms with E-state index in [-0.39, 0.29) is 11.9 Å². The van der Waals surface area contributed by atoms with Crippen LogP contribution in [0.5, 0.6) is 0 Å². The van der Waals surface area contributed by atoms with Crippen LogP contribution >= 0.6 is 0 Å². The number of aromatic nitrogens is 2. The van der Waals surface area contributed by atoms with Gasteiger partial charge in [0.25, 0.3) is 0 Å². The summed E-state index contributed by atoms with van der Waals surface area (Å²) in [5.41, 5.74) is 13.7. The standard InChI is InChI=1S/C31H33N5O2/c32-17-21-4-3-6-25(16-21)36-20-34-28-18-33-29(31(38)30(28)36)23-10-8-22(9-11-23)27-7-2-1-5-24(27)19-35-14-12-26(37)13-15-35/h1-11,16,20,26,29,33,37H,12-15,17-19,32H2.